The lowest BCUT2D eigenvalue weighted by Gasteiger charge is -2.38. The zero-order chi connectivity index (χ0) is 11.7. The van der Waals surface area contributed by atoms with E-state index in [0.29, 0.717) is 24.5 Å². The van der Waals surface area contributed by atoms with Gasteiger partial charge < -0.3 is 15.7 Å². The molecule has 1 fully saturated rings. The van der Waals surface area contributed by atoms with Crippen LogP contribution in [0.1, 0.15) is 10.4 Å². The molecule has 0 aliphatic carbocycles. The lowest BCUT2D eigenvalue weighted by atomic mass is 10.00. The molecule has 1 aliphatic heterocycles. The predicted molar refractivity (Wildman–Crippen MR) is 56.1 cm³/mol. The van der Waals surface area contributed by atoms with Gasteiger partial charge in [-0.1, -0.05) is 0 Å². The number of carbonyl (C=O) groups excluding carboxylic acids is 1. The third-order valence-corrected chi connectivity index (χ3v) is 2.58. The van der Waals surface area contributed by atoms with Crippen LogP contribution in [0.25, 0.3) is 0 Å². The van der Waals surface area contributed by atoms with Crippen LogP contribution < -0.4 is 10.6 Å². The summed E-state index contributed by atoms with van der Waals surface area (Å²) >= 11 is 0. The summed E-state index contributed by atoms with van der Waals surface area (Å²) in [7, 11) is 0. The van der Waals surface area contributed by atoms with E-state index in [0.717, 1.165) is 0 Å². The molecule has 6 heteroatoms. The van der Waals surface area contributed by atoms with Crippen LogP contribution in [0, 0.1) is 5.92 Å². The number of primary amides is 1. The minimum atomic E-state index is -0.826. The monoisotopic (exact) mass is 221 g/mol. The van der Waals surface area contributed by atoms with E-state index < -0.39 is 11.9 Å². The number of nitrogens with two attached hydrogens (primary N) is 1. The number of carboxylic acids is 1. The van der Waals surface area contributed by atoms with Gasteiger partial charge in [0.15, 0.2) is 0 Å². The van der Waals surface area contributed by atoms with Crippen LogP contribution in [0.4, 0.5) is 5.82 Å². The Morgan fingerprint density at radius 1 is 1.50 bits per heavy atom. The van der Waals surface area contributed by atoms with Gasteiger partial charge in [0.2, 0.25) is 0 Å². The fraction of sp³-hybridized carbons (Fsp3) is 0.300. The third-order valence-electron chi connectivity index (χ3n) is 2.58. The summed E-state index contributed by atoms with van der Waals surface area (Å²) in [6, 6.07) is 3.21. The molecule has 0 unspecified atom stereocenters. The van der Waals surface area contributed by atoms with Crippen molar-refractivity contribution in [1.82, 2.24) is 4.98 Å². The van der Waals surface area contributed by atoms with Gasteiger partial charge in [-0.3, -0.25) is 9.59 Å². The van der Waals surface area contributed by atoms with Gasteiger partial charge in [0.1, 0.15) is 5.82 Å². The Morgan fingerprint density at radius 2 is 2.19 bits per heavy atom. The summed E-state index contributed by atoms with van der Waals surface area (Å²) in [6.45, 7) is 0.735. The van der Waals surface area contributed by atoms with E-state index in [4.69, 9.17) is 10.8 Å². The smallest absolute Gasteiger partial charge is 0.310 e. The van der Waals surface area contributed by atoms with E-state index in [9.17, 15) is 9.59 Å². The number of carboxylic acid groups (broad SMARTS) is 1. The Kier molecular flexibility index (Phi) is 2.47. The van der Waals surface area contributed by atoms with Gasteiger partial charge in [-0.25, -0.2) is 4.98 Å². The van der Waals surface area contributed by atoms with Crippen molar-refractivity contribution >= 4 is 17.7 Å². The molecule has 1 amide bonds. The molecule has 84 valence electrons. The molecule has 2 rings (SSSR count). The van der Waals surface area contributed by atoms with Crippen LogP contribution in [0.2, 0.25) is 0 Å². The predicted octanol–water partition coefficient (Wildman–Crippen LogP) is -0.299. The highest BCUT2D eigenvalue weighted by Gasteiger charge is 2.34. The molecule has 0 spiro atoms. The molecule has 1 aromatic heterocycles. The van der Waals surface area contributed by atoms with Crippen LogP contribution >= 0.6 is 0 Å². The Balaban J connectivity index is 2.17. The minimum absolute atomic E-state index is 0.325. The minimum Gasteiger partial charge on any atom is -0.481 e. The van der Waals surface area contributed by atoms with E-state index in [1.807, 2.05) is 0 Å². The van der Waals surface area contributed by atoms with E-state index in [1.165, 1.54) is 0 Å². The third kappa shape index (κ3) is 1.69. The molecule has 6 nitrogen and oxygen atoms in total. The Labute approximate surface area is 91.7 Å². The zero-order valence-corrected chi connectivity index (χ0v) is 8.46. The van der Waals surface area contributed by atoms with Crippen molar-refractivity contribution in [3.05, 3.63) is 23.9 Å². The summed E-state index contributed by atoms with van der Waals surface area (Å²) in [4.78, 5) is 27.5. The SMILES string of the molecule is NC(=O)c1cccnc1N1CC(C(=O)O)C1. The molecule has 0 bridgehead atoms. The van der Waals surface area contributed by atoms with E-state index >= 15 is 0 Å². The number of rotatable bonds is 3. The molecule has 1 saturated heterocycles. The molecule has 0 radical (unpaired) electrons. The number of pyridine rings is 1. The quantitative estimate of drug-likeness (QED) is 0.730. The fourth-order valence-corrected chi connectivity index (χ4v) is 1.65. The second-order valence-electron chi connectivity index (χ2n) is 3.68. The number of hydrogen-bond acceptors (Lipinski definition) is 4. The first-order valence-electron chi connectivity index (χ1n) is 4.82. The summed E-state index contributed by atoms with van der Waals surface area (Å²) < 4.78 is 0. The second kappa shape index (κ2) is 3.80. The Bertz CT molecular complexity index is 441. The van der Waals surface area contributed by atoms with Crippen LogP contribution in [0.15, 0.2) is 18.3 Å². The Morgan fingerprint density at radius 3 is 2.75 bits per heavy atom. The average molecular weight is 221 g/mol. The molecule has 1 aromatic rings. The summed E-state index contributed by atoms with van der Waals surface area (Å²) in [5.41, 5.74) is 5.53. The molecule has 2 heterocycles. The average Bonchev–Trinajstić information content (AvgIpc) is 2.15. The first-order chi connectivity index (χ1) is 7.59. The van der Waals surface area contributed by atoms with Crippen molar-refractivity contribution in [3.8, 4) is 0 Å². The molecule has 1 aliphatic rings. The molecule has 16 heavy (non-hydrogen) atoms. The van der Waals surface area contributed by atoms with Gasteiger partial charge in [0.05, 0.1) is 11.5 Å². The first kappa shape index (κ1) is 10.4. The summed E-state index contributed by atoms with van der Waals surface area (Å²) in [6.07, 6.45) is 1.55. The van der Waals surface area contributed by atoms with Gasteiger partial charge in [0, 0.05) is 19.3 Å². The highest BCUT2D eigenvalue weighted by molar-refractivity contribution is 5.98. The standard InChI is InChI=1S/C10H11N3O3/c11-8(14)7-2-1-3-12-9(7)13-4-6(5-13)10(15)16/h1-3,6H,4-5H2,(H2,11,14)(H,15,16). The fourth-order valence-electron chi connectivity index (χ4n) is 1.65. The highest BCUT2D eigenvalue weighted by Crippen LogP contribution is 2.25. The molecule has 0 saturated carbocycles. The number of aromatic nitrogens is 1. The van der Waals surface area contributed by atoms with Crippen molar-refractivity contribution in [3.63, 3.8) is 0 Å². The van der Waals surface area contributed by atoms with E-state index in [1.54, 1.807) is 23.2 Å². The second-order valence-corrected chi connectivity index (χ2v) is 3.68. The largest absolute Gasteiger partial charge is 0.481 e. The van der Waals surface area contributed by atoms with Gasteiger partial charge >= 0.3 is 5.97 Å². The molecule has 3 N–H and O–H groups in total. The number of hydrogen-bond donors (Lipinski definition) is 2. The Hall–Kier alpha value is -2.11. The highest BCUT2D eigenvalue weighted by atomic mass is 16.4. The van der Waals surface area contributed by atoms with Crippen molar-refractivity contribution in [2.45, 2.75) is 0 Å². The number of nitrogens with zero attached hydrogens (tertiary/aromatic N) is 2. The van der Waals surface area contributed by atoms with Gasteiger partial charge in [-0.2, -0.15) is 0 Å². The van der Waals surface area contributed by atoms with Gasteiger partial charge in [0.25, 0.3) is 5.91 Å². The normalized spacial score (nSPS) is 15.6. The van der Waals surface area contributed by atoms with Crippen LogP contribution in [-0.4, -0.2) is 35.1 Å². The molecular formula is C10H11N3O3. The van der Waals surface area contributed by atoms with Crippen molar-refractivity contribution < 1.29 is 14.7 Å². The molecular weight excluding hydrogens is 210 g/mol. The van der Waals surface area contributed by atoms with Gasteiger partial charge in [-0.15, -0.1) is 0 Å². The van der Waals surface area contributed by atoms with Crippen molar-refractivity contribution in [2.75, 3.05) is 18.0 Å². The topological polar surface area (TPSA) is 96.5 Å². The van der Waals surface area contributed by atoms with Crippen LogP contribution in [-0.2, 0) is 4.79 Å². The maximum absolute atomic E-state index is 11.1. The van der Waals surface area contributed by atoms with E-state index in [2.05, 4.69) is 4.98 Å². The van der Waals surface area contributed by atoms with Gasteiger partial charge in [-0.05, 0) is 12.1 Å². The first-order valence-corrected chi connectivity index (χ1v) is 4.82. The van der Waals surface area contributed by atoms with Crippen molar-refractivity contribution in [2.24, 2.45) is 11.7 Å². The van der Waals surface area contributed by atoms with Crippen LogP contribution in [0.3, 0.4) is 0 Å². The zero-order valence-electron chi connectivity index (χ0n) is 8.46. The molecule has 0 aromatic carbocycles. The summed E-state index contributed by atoms with van der Waals surface area (Å²) in [5, 5.41) is 8.74. The maximum Gasteiger partial charge on any atom is 0.310 e. The van der Waals surface area contributed by atoms with E-state index in [-0.39, 0.29) is 5.92 Å². The number of aliphatic carboxylic acids is 1. The number of amides is 1. The number of carbonyl (C=O) groups is 2. The lowest BCUT2D eigenvalue weighted by molar-refractivity contribution is -0.142. The van der Waals surface area contributed by atoms with Crippen LogP contribution in [0.5, 0.6) is 0 Å². The lowest BCUT2D eigenvalue weighted by Crippen LogP contribution is -2.51. The van der Waals surface area contributed by atoms with Crippen molar-refractivity contribution in [1.29, 1.82) is 0 Å². The number of anilines is 1. The maximum atomic E-state index is 11.1. The molecule has 0 atom stereocenters. The summed E-state index contributed by atoms with van der Waals surface area (Å²) in [5.74, 6) is -1.30.